The Morgan fingerprint density at radius 3 is 2.44 bits per heavy atom. The highest BCUT2D eigenvalue weighted by Gasteiger charge is 2.47. The molecular weight excluding hydrogens is 456 g/mol. The smallest absolute Gasteiger partial charge is 0.319 e. The van der Waals surface area contributed by atoms with Crippen LogP contribution in [0.15, 0.2) is 30.3 Å². The molecule has 1 aromatic heterocycles. The first-order valence-electron chi connectivity index (χ1n) is 11.4. The van der Waals surface area contributed by atoms with Gasteiger partial charge in [-0.1, -0.05) is 0 Å². The number of nitrogens with one attached hydrogen (secondary N) is 2. The molecule has 0 bridgehead atoms. The number of hydrogen-bond acceptors (Lipinski definition) is 8. The van der Waals surface area contributed by atoms with Crippen molar-refractivity contribution in [1.82, 2.24) is 15.3 Å². The molecule has 1 saturated heterocycles. The summed E-state index contributed by atoms with van der Waals surface area (Å²) in [6.45, 7) is 6.70. The van der Waals surface area contributed by atoms with Gasteiger partial charge in [-0.05, 0) is 51.0 Å². The summed E-state index contributed by atoms with van der Waals surface area (Å²) in [7, 11) is -2.51. The summed E-state index contributed by atoms with van der Waals surface area (Å²) in [5.74, 6) is 1.41. The predicted molar refractivity (Wildman–Crippen MR) is 132 cm³/mol. The molecule has 11 heteroatoms. The Morgan fingerprint density at radius 2 is 1.85 bits per heavy atom. The van der Waals surface area contributed by atoms with E-state index in [1.165, 1.54) is 0 Å². The Hall–Kier alpha value is -2.76. The van der Waals surface area contributed by atoms with Crippen molar-refractivity contribution in [2.45, 2.75) is 37.6 Å². The zero-order chi connectivity index (χ0) is 24.3. The van der Waals surface area contributed by atoms with E-state index >= 15 is 0 Å². The van der Waals surface area contributed by atoms with Gasteiger partial charge in [0.2, 0.25) is 0 Å². The molecule has 4 rings (SSSR count). The van der Waals surface area contributed by atoms with Crippen LogP contribution in [0.25, 0.3) is 11.4 Å². The lowest BCUT2D eigenvalue weighted by molar-refractivity contribution is 0.122. The first kappa shape index (κ1) is 24.4. The van der Waals surface area contributed by atoms with Crippen molar-refractivity contribution < 1.29 is 17.9 Å². The number of morpholine rings is 1. The quantitative estimate of drug-likeness (QED) is 0.410. The molecule has 2 amide bonds. The molecule has 2 fully saturated rings. The molecule has 184 valence electrons. The second kappa shape index (κ2) is 9.85. The van der Waals surface area contributed by atoms with Crippen molar-refractivity contribution in [3.05, 3.63) is 36.0 Å². The molecule has 0 atom stereocenters. The number of ether oxygens (including phenoxy) is 1. The predicted octanol–water partition coefficient (Wildman–Crippen LogP) is 1.48. The van der Waals surface area contributed by atoms with E-state index in [0.29, 0.717) is 31.3 Å². The Balaban J connectivity index is 1.57. The zero-order valence-corrected chi connectivity index (χ0v) is 20.4. The van der Waals surface area contributed by atoms with Crippen LogP contribution >= 0.6 is 0 Å². The highest BCUT2D eigenvalue weighted by molar-refractivity contribution is 7.72. The minimum Gasteiger partial charge on any atom is -0.378 e. The van der Waals surface area contributed by atoms with Crippen molar-refractivity contribution in [2.24, 2.45) is 5.73 Å². The molecule has 2 aliphatic rings. The van der Waals surface area contributed by atoms with Crippen molar-refractivity contribution in [3.8, 4) is 11.4 Å². The van der Waals surface area contributed by atoms with Crippen LogP contribution in [-0.2, 0) is 20.9 Å². The minimum absolute atomic E-state index is 0.0961. The zero-order valence-electron chi connectivity index (χ0n) is 19.5. The third-order valence-electron chi connectivity index (χ3n) is 5.98. The van der Waals surface area contributed by atoms with Gasteiger partial charge >= 0.3 is 6.03 Å². The van der Waals surface area contributed by atoms with Gasteiger partial charge in [-0.15, -0.1) is 0 Å². The lowest BCUT2D eigenvalue weighted by Gasteiger charge is -2.29. The maximum absolute atomic E-state index is 12.1. The largest absolute Gasteiger partial charge is 0.378 e. The molecular formula is C23H32N6O4S. The van der Waals surface area contributed by atoms with Gasteiger partial charge < -0.3 is 26.0 Å². The van der Waals surface area contributed by atoms with Gasteiger partial charge in [0.1, 0.15) is 16.5 Å². The number of carbonyl (C=O) groups excluding carboxylic acids is 1. The maximum atomic E-state index is 12.1. The Kier molecular flexibility index (Phi) is 7.06. The van der Waals surface area contributed by atoms with Crippen molar-refractivity contribution in [2.75, 3.05) is 48.8 Å². The number of aromatic nitrogens is 2. The number of nitrogens with zero attached hydrogens (tertiary/aromatic N) is 3. The molecule has 2 heterocycles. The lowest BCUT2D eigenvalue weighted by atomic mass is 10.0. The van der Waals surface area contributed by atoms with Crippen LogP contribution in [0.3, 0.4) is 0 Å². The first-order chi connectivity index (χ1) is 16.1. The fourth-order valence-corrected chi connectivity index (χ4v) is 4.84. The fourth-order valence-electron chi connectivity index (χ4n) is 3.87. The van der Waals surface area contributed by atoms with E-state index in [0.717, 1.165) is 43.0 Å². The Labute approximate surface area is 201 Å². The number of benzene rings is 1. The number of anilines is 2. The molecule has 1 aliphatic heterocycles. The summed E-state index contributed by atoms with van der Waals surface area (Å²) in [6.07, 6.45) is 1.60. The standard InChI is InChI=1S/C23H32N6O4S/c1-22(2,24)14-25-21(30)26-17-5-3-16(4-6-17)20-27-18(23(7-8-23)15-34(31)32)13-19(28-20)29-9-11-33-12-10-29/h3-6,13,34H,7-12,14-15,24H2,1-2H3,(H2,25,26,30). The van der Waals surface area contributed by atoms with E-state index in [1.54, 1.807) is 12.1 Å². The molecule has 0 unspecified atom stereocenters. The normalized spacial score (nSPS) is 17.5. The molecule has 10 nitrogen and oxygen atoms in total. The number of rotatable bonds is 8. The van der Waals surface area contributed by atoms with E-state index in [1.807, 2.05) is 32.0 Å². The van der Waals surface area contributed by atoms with E-state index in [-0.39, 0.29) is 11.8 Å². The van der Waals surface area contributed by atoms with Crippen molar-refractivity contribution in [3.63, 3.8) is 0 Å². The molecule has 1 aliphatic carbocycles. The van der Waals surface area contributed by atoms with Gasteiger partial charge in [-0.3, -0.25) is 0 Å². The summed E-state index contributed by atoms with van der Waals surface area (Å²) in [6, 6.07) is 8.86. The highest BCUT2D eigenvalue weighted by atomic mass is 32.2. The number of nitrogens with two attached hydrogens (primary N) is 1. The summed E-state index contributed by atoms with van der Waals surface area (Å²) in [5.41, 5.74) is 7.15. The molecule has 34 heavy (non-hydrogen) atoms. The van der Waals surface area contributed by atoms with Crippen LogP contribution < -0.4 is 21.3 Å². The second-order valence-electron chi connectivity index (χ2n) is 9.68. The fraction of sp³-hybridized carbons (Fsp3) is 0.522. The van der Waals surface area contributed by atoms with Gasteiger partial charge in [0, 0.05) is 47.9 Å². The number of amides is 2. The van der Waals surface area contributed by atoms with Gasteiger partial charge in [0.25, 0.3) is 0 Å². The first-order valence-corrected chi connectivity index (χ1v) is 12.8. The van der Waals surface area contributed by atoms with Gasteiger partial charge in [-0.25, -0.2) is 23.2 Å². The van der Waals surface area contributed by atoms with E-state index in [9.17, 15) is 13.2 Å². The Bertz CT molecular complexity index is 1100. The molecule has 0 spiro atoms. The molecule has 1 aromatic carbocycles. The van der Waals surface area contributed by atoms with E-state index < -0.39 is 21.7 Å². The average Bonchev–Trinajstić information content (AvgIpc) is 3.58. The topological polar surface area (TPSA) is 140 Å². The summed E-state index contributed by atoms with van der Waals surface area (Å²) >= 11 is 0. The highest BCUT2D eigenvalue weighted by Crippen LogP contribution is 2.48. The van der Waals surface area contributed by atoms with Crippen LogP contribution in [0, 0.1) is 0 Å². The Morgan fingerprint density at radius 1 is 1.18 bits per heavy atom. The molecule has 1 saturated carbocycles. The number of thiol groups is 1. The number of hydrogen-bond donors (Lipinski definition) is 4. The van der Waals surface area contributed by atoms with E-state index in [4.69, 9.17) is 20.4 Å². The summed E-state index contributed by atoms with van der Waals surface area (Å²) in [5, 5.41) is 5.53. The van der Waals surface area contributed by atoms with Crippen LogP contribution in [0.2, 0.25) is 0 Å². The summed E-state index contributed by atoms with van der Waals surface area (Å²) in [4.78, 5) is 23.8. The van der Waals surface area contributed by atoms with Crippen LogP contribution in [-0.4, -0.2) is 68.6 Å². The van der Waals surface area contributed by atoms with Crippen LogP contribution in [0.1, 0.15) is 32.4 Å². The van der Waals surface area contributed by atoms with Gasteiger partial charge in [0.15, 0.2) is 5.82 Å². The summed E-state index contributed by atoms with van der Waals surface area (Å²) < 4.78 is 28.5. The average molecular weight is 489 g/mol. The maximum Gasteiger partial charge on any atom is 0.319 e. The lowest BCUT2D eigenvalue weighted by Crippen LogP contribution is -2.46. The van der Waals surface area contributed by atoms with Crippen molar-refractivity contribution >= 4 is 28.2 Å². The molecule has 2 aromatic rings. The third kappa shape index (κ3) is 6.22. The SMILES string of the molecule is CC(C)(N)CNC(=O)Nc1ccc(-c2nc(N3CCOCC3)cc(C3(C[SH](=O)=O)CC3)n2)cc1. The van der Waals surface area contributed by atoms with E-state index in [2.05, 4.69) is 15.5 Å². The number of urea groups is 1. The van der Waals surface area contributed by atoms with Crippen LogP contribution in [0.5, 0.6) is 0 Å². The van der Waals surface area contributed by atoms with Gasteiger partial charge in [-0.2, -0.15) is 0 Å². The minimum atomic E-state index is -2.51. The van der Waals surface area contributed by atoms with Crippen molar-refractivity contribution in [1.29, 1.82) is 0 Å². The number of carbonyl (C=O) groups is 1. The molecule has 0 radical (unpaired) electrons. The van der Waals surface area contributed by atoms with Gasteiger partial charge in [0.05, 0.1) is 24.7 Å². The molecule has 4 N–H and O–H groups in total. The second-order valence-corrected chi connectivity index (χ2v) is 10.7. The monoisotopic (exact) mass is 488 g/mol. The third-order valence-corrected chi connectivity index (χ3v) is 6.85. The van der Waals surface area contributed by atoms with Crippen LogP contribution in [0.4, 0.5) is 16.3 Å².